The lowest BCUT2D eigenvalue weighted by Gasteiger charge is -2.02. The van der Waals surface area contributed by atoms with Crippen molar-refractivity contribution in [3.05, 3.63) is 58.5 Å². The number of aromatic nitrogens is 3. The molecular weight excluding hydrogens is 285 g/mol. The summed E-state index contributed by atoms with van der Waals surface area (Å²) in [6.45, 7) is -0.163. The van der Waals surface area contributed by atoms with Crippen molar-refractivity contribution < 1.29 is 13.2 Å². The molecule has 0 aliphatic carbocycles. The smallest absolute Gasteiger partial charge is 0.327 e. The van der Waals surface area contributed by atoms with Crippen LogP contribution < -0.4 is 11.4 Å². The Morgan fingerprint density at radius 3 is 2.62 bits per heavy atom. The summed E-state index contributed by atoms with van der Waals surface area (Å²) < 4.78 is 40.4. The standard InChI is InChI=1S/C12H11F3N4O.CH4/c13-4-8(5-16)6-19-12(20)18(7-17-19)9-1-2-10(14)11(15)3-9;/h1-4,7H,5-6,16H2;1H4/b8-4-;. The molecule has 5 nitrogen and oxygen atoms in total. The highest BCUT2D eigenvalue weighted by atomic mass is 19.2. The van der Waals surface area contributed by atoms with E-state index in [9.17, 15) is 18.0 Å². The van der Waals surface area contributed by atoms with Gasteiger partial charge in [-0.15, -0.1) is 0 Å². The van der Waals surface area contributed by atoms with E-state index in [1.54, 1.807) is 0 Å². The van der Waals surface area contributed by atoms with E-state index >= 15 is 0 Å². The third-order valence-electron chi connectivity index (χ3n) is 2.68. The molecule has 0 saturated heterocycles. The molecule has 0 unspecified atom stereocenters. The molecule has 1 heterocycles. The molecule has 0 atom stereocenters. The van der Waals surface area contributed by atoms with Gasteiger partial charge in [-0.1, -0.05) is 7.43 Å². The van der Waals surface area contributed by atoms with Gasteiger partial charge in [-0.25, -0.2) is 27.2 Å². The molecular formula is C13H15F3N4O. The van der Waals surface area contributed by atoms with Crippen LogP contribution in [0.1, 0.15) is 7.43 Å². The quantitative estimate of drug-likeness (QED) is 0.935. The predicted octanol–water partition coefficient (Wildman–Crippen LogP) is 1.76. The third-order valence-corrected chi connectivity index (χ3v) is 2.68. The molecule has 2 N–H and O–H groups in total. The van der Waals surface area contributed by atoms with Crippen LogP contribution in [0.4, 0.5) is 13.2 Å². The van der Waals surface area contributed by atoms with Crippen molar-refractivity contribution in [2.24, 2.45) is 5.73 Å². The summed E-state index contributed by atoms with van der Waals surface area (Å²) in [5.74, 6) is -2.09. The van der Waals surface area contributed by atoms with Crippen LogP contribution in [0.15, 0.2) is 41.2 Å². The molecule has 1 aromatic heterocycles. The van der Waals surface area contributed by atoms with Gasteiger partial charge in [0.1, 0.15) is 6.33 Å². The molecule has 114 valence electrons. The second-order valence-corrected chi connectivity index (χ2v) is 4.01. The van der Waals surface area contributed by atoms with Gasteiger partial charge in [0, 0.05) is 12.6 Å². The summed E-state index contributed by atoms with van der Waals surface area (Å²) in [6, 6.07) is 3.01. The zero-order valence-corrected chi connectivity index (χ0v) is 10.3. The first-order chi connectivity index (χ1) is 9.56. The van der Waals surface area contributed by atoms with Crippen molar-refractivity contribution in [2.75, 3.05) is 6.54 Å². The highest BCUT2D eigenvalue weighted by molar-refractivity contribution is 5.32. The van der Waals surface area contributed by atoms with E-state index in [1.807, 2.05) is 0 Å². The van der Waals surface area contributed by atoms with Gasteiger partial charge in [-0.05, 0) is 17.7 Å². The molecule has 0 aliphatic heterocycles. The van der Waals surface area contributed by atoms with E-state index in [0.29, 0.717) is 6.33 Å². The number of hydrogen-bond acceptors (Lipinski definition) is 3. The zero-order chi connectivity index (χ0) is 14.7. The maximum atomic E-state index is 13.1. The molecule has 0 radical (unpaired) electrons. The normalized spacial score (nSPS) is 11.3. The number of hydrogen-bond donors (Lipinski definition) is 1. The van der Waals surface area contributed by atoms with Crippen LogP contribution in [0, 0.1) is 11.6 Å². The fourth-order valence-electron chi connectivity index (χ4n) is 1.59. The summed E-state index contributed by atoms with van der Waals surface area (Å²) in [7, 11) is 0. The largest absolute Gasteiger partial charge is 0.350 e. The number of halogens is 3. The topological polar surface area (TPSA) is 65.8 Å². The van der Waals surface area contributed by atoms with Crippen LogP contribution in [0.5, 0.6) is 0 Å². The van der Waals surface area contributed by atoms with Gasteiger partial charge in [0.25, 0.3) is 0 Å². The van der Waals surface area contributed by atoms with Crippen molar-refractivity contribution in [1.29, 1.82) is 0 Å². The SMILES string of the molecule is C.NC/C(=C/F)Cn1ncn(-c2ccc(F)c(F)c2)c1=O. The zero-order valence-electron chi connectivity index (χ0n) is 10.3. The first kappa shape index (κ1) is 16.7. The summed E-state index contributed by atoms with van der Waals surface area (Å²) in [6.07, 6.45) is 1.45. The van der Waals surface area contributed by atoms with Gasteiger partial charge in [0.2, 0.25) is 0 Å². The maximum absolute atomic E-state index is 13.1. The number of benzene rings is 1. The van der Waals surface area contributed by atoms with Crippen molar-refractivity contribution >= 4 is 0 Å². The molecule has 0 saturated carbocycles. The number of nitrogens with two attached hydrogens (primary N) is 1. The number of rotatable bonds is 4. The first-order valence-electron chi connectivity index (χ1n) is 5.65. The molecule has 2 aromatic rings. The van der Waals surface area contributed by atoms with E-state index in [-0.39, 0.29) is 31.8 Å². The molecule has 21 heavy (non-hydrogen) atoms. The Balaban J connectivity index is 0.00000220. The van der Waals surface area contributed by atoms with Gasteiger partial charge >= 0.3 is 5.69 Å². The fourth-order valence-corrected chi connectivity index (χ4v) is 1.59. The van der Waals surface area contributed by atoms with Crippen LogP contribution in [-0.4, -0.2) is 20.9 Å². The Labute approximate surface area is 119 Å². The Morgan fingerprint density at radius 1 is 1.33 bits per heavy atom. The highest BCUT2D eigenvalue weighted by Crippen LogP contribution is 2.11. The molecule has 0 aliphatic rings. The molecule has 8 heteroatoms. The van der Waals surface area contributed by atoms with Gasteiger partial charge in [0.05, 0.1) is 18.6 Å². The molecule has 0 amide bonds. The molecule has 0 bridgehead atoms. The van der Waals surface area contributed by atoms with E-state index in [0.717, 1.165) is 27.7 Å². The summed E-state index contributed by atoms with van der Waals surface area (Å²) in [4.78, 5) is 12.0. The van der Waals surface area contributed by atoms with Crippen molar-refractivity contribution in [3.63, 3.8) is 0 Å². The van der Waals surface area contributed by atoms with Crippen LogP contribution in [0.25, 0.3) is 5.69 Å². The second kappa shape index (κ2) is 6.89. The Bertz CT molecular complexity index is 706. The monoisotopic (exact) mass is 300 g/mol. The summed E-state index contributed by atoms with van der Waals surface area (Å²) >= 11 is 0. The van der Waals surface area contributed by atoms with Crippen LogP contribution in [0.3, 0.4) is 0 Å². The fraction of sp³-hybridized carbons (Fsp3) is 0.231. The van der Waals surface area contributed by atoms with Crippen molar-refractivity contribution in [2.45, 2.75) is 14.0 Å². The van der Waals surface area contributed by atoms with Crippen LogP contribution in [0.2, 0.25) is 0 Å². The van der Waals surface area contributed by atoms with E-state index < -0.39 is 17.3 Å². The van der Waals surface area contributed by atoms with E-state index in [1.165, 1.54) is 6.07 Å². The van der Waals surface area contributed by atoms with Gasteiger partial charge < -0.3 is 5.73 Å². The van der Waals surface area contributed by atoms with Gasteiger partial charge in [-0.2, -0.15) is 5.10 Å². The van der Waals surface area contributed by atoms with Gasteiger partial charge in [0.15, 0.2) is 11.6 Å². The average molecular weight is 300 g/mol. The summed E-state index contributed by atoms with van der Waals surface area (Å²) in [5.41, 5.74) is 4.99. The minimum absolute atomic E-state index is 0. The lowest BCUT2D eigenvalue weighted by molar-refractivity contribution is 0.507. The van der Waals surface area contributed by atoms with Gasteiger partial charge in [-0.3, -0.25) is 0 Å². The van der Waals surface area contributed by atoms with Crippen molar-refractivity contribution in [3.8, 4) is 5.69 Å². The molecule has 0 spiro atoms. The molecule has 0 fully saturated rings. The second-order valence-electron chi connectivity index (χ2n) is 4.01. The minimum atomic E-state index is -1.08. The van der Waals surface area contributed by atoms with Crippen LogP contribution >= 0.6 is 0 Å². The average Bonchev–Trinajstić information content (AvgIpc) is 2.80. The third kappa shape index (κ3) is 3.40. The lowest BCUT2D eigenvalue weighted by Crippen LogP contribution is -2.26. The highest BCUT2D eigenvalue weighted by Gasteiger charge is 2.10. The molecule has 1 aromatic carbocycles. The minimum Gasteiger partial charge on any atom is -0.327 e. The first-order valence-corrected chi connectivity index (χ1v) is 5.65. The van der Waals surface area contributed by atoms with Crippen molar-refractivity contribution in [1.82, 2.24) is 14.3 Å². The van der Waals surface area contributed by atoms with E-state index in [4.69, 9.17) is 5.73 Å². The van der Waals surface area contributed by atoms with Crippen LogP contribution in [-0.2, 0) is 6.54 Å². The lowest BCUT2D eigenvalue weighted by atomic mass is 10.3. The Hall–Kier alpha value is -2.35. The predicted molar refractivity (Wildman–Crippen MR) is 72.7 cm³/mol. The molecule has 2 rings (SSSR count). The Kier molecular flexibility index (Phi) is 5.48. The maximum Gasteiger partial charge on any atom is 0.350 e. The summed E-state index contributed by atoms with van der Waals surface area (Å²) in [5, 5.41) is 3.77. The number of nitrogens with zero attached hydrogens (tertiary/aromatic N) is 3. The Morgan fingerprint density at radius 2 is 2.05 bits per heavy atom. The van der Waals surface area contributed by atoms with E-state index in [2.05, 4.69) is 5.10 Å².